The predicted molar refractivity (Wildman–Crippen MR) is 117 cm³/mol. The summed E-state index contributed by atoms with van der Waals surface area (Å²) < 4.78 is 5.36. The average Bonchev–Trinajstić information content (AvgIpc) is 2.60. The number of benzene rings is 2. The molecule has 0 aliphatic carbocycles. The third-order valence-electron chi connectivity index (χ3n) is 4.90. The van der Waals surface area contributed by atoms with E-state index in [1.807, 2.05) is 31.2 Å². The molecule has 0 spiro atoms. The van der Waals surface area contributed by atoms with Crippen molar-refractivity contribution in [2.24, 2.45) is 0 Å². The number of nitrogens with one attached hydrogen (secondary N) is 3. The molecule has 1 aliphatic heterocycles. The molecule has 1 amide bonds. The molecule has 5 nitrogen and oxygen atoms in total. The average molecular weight is 396 g/mol. The Bertz CT molecular complexity index is 958. The first-order valence-electron chi connectivity index (χ1n) is 9.12. The normalized spacial score (nSPS) is 16.3. The van der Waals surface area contributed by atoms with Crippen molar-refractivity contribution in [3.63, 3.8) is 0 Å². The highest BCUT2D eigenvalue weighted by atomic mass is 32.1. The molecule has 0 saturated heterocycles. The largest absolute Gasteiger partial charge is 0.495 e. The Morgan fingerprint density at radius 2 is 1.75 bits per heavy atom. The van der Waals surface area contributed by atoms with Crippen LogP contribution in [-0.2, 0) is 4.79 Å². The smallest absolute Gasteiger partial charge is 0.255 e. The molecule has 6 heteroatoms. The maximum atomic E-state index is 13.3. The van der Waals surface area contributed by atoms with Crippen LogP contribution in [0.25, 0.3) is 0 Å². The predicted octanol–water partition coefficient (Wildman–Crippen LogP) is 4.05. The van der Waals surface area contributed by atoms with Crippen LogP contribution in [0.1, 0.15) is 35.2 Å². The molecule has 1 atom stereocenters. The molecule has 2 aromatic carbocycles. The second-order valence-electron chi connectivity index (χ2n) is 7.04. The minimum Gasteiger partial charge on any atom is -0.495 e. The van der Waals surface area contributed by atoms with Crippen LogP contribution in [0.4, 0.5) is 5.69 Å². The molecular weight excluding hydrogens is 370 g/mol. The third kappa shape index (κ3) is 3.87. The van der Waals surface area contributed by atoms with Crippen molar-refractivity contribution in [3.05, 3.63) is 69.9 Å². The highest BCUT2D eigenvalue weighted by molar-refractivity contribution is 7.80. The van der Waals surface area contributed by atoms with Gasteiger partial charge < -0.3 is 20.7 Å². The minimum atomic E-state index is -0.330. The quantitative estimate of drug-likeness (QED) is 0.682. The van der Waals surface area contributed by atoms with E-state index in [0.717, 1.165) is 22.4 Å². The van der Waals surface area contributed by atoms with E-state index in [4.69, 9.17) is 17.0 Å². The number of anilines is 1. The van der Waals surface area contributed by atoms with Crippen LogP contribution < -0.4 is 20.7 Å². The number of ether oxygens (including phenoxy) is 1. The summed E-state index contributed by atoms with van der Waals surface area (Å²) in [4.78, 5) is 13.3. The number of carbonyl (C=O) groups is 1. The van der Waals surface area contributed by atoms with Gasteiger partial charge in [-0.05, 0) is 68.7 Å². The van der Waals surface area contributed by atoms with Crippen LogP contribution in [-0.4, -0.2) is 18.1 Å². The molecule has 0 unspecified atom stereocenters. The number of hydrogen-bond donors (Lipinski definition) is 3. The van der Waals surface area contributed by atoms with Crippen molar-refractivity contribution in [1.29, 1.82) is 0 Å². The number of allylic oxidation sites excluding steroid dienone is 1. The summed E-state index contributed by atoms with van der Waals surface area (Å²) in [6.07, 6.45) is 0. The van der Waals surface area contributed by atoms with Gasteiger partial charge in [0.1, 0.15) is 5.75 Å². The van der Waals surface area contributed by atoms with Gasteiger partial charge in [0.25, 0.3) is 5.91 Å². The van der Waals surface area contributed by atoms with Crippen molar-refractivity contribution in [2.45, 2.75) is 33.7 Å². The molecule has 3 rings (SSSR count). The fraction of sp³-hybridized carbons (Fsp3) is 0.273. The Labute approximate surface area is 171 Å². The SMILES string of the molecule is COc1ccccc1NC(=O)C1=C(C)NC(=S)N[C@@H]1c1c(C)cc(C)cc1C. The number of hydrogen-bond acceptors (Lipinski definition) is 3. The molecule has 146 valence electrons. The number of carbonyl (C=O) groups excluding carboxylic acids is 1. The Hall–Kier alpha value is -2.86. The zero-order chi connectivity index (χ0) is 20.4. The van der Waals surface area contributed by atoms with Gasteiger partial charge >= 0.3 is 0 Å². The van der Waals surface area contributed by atoms with E-state index in [9.17, 15) is 4.79 Å². The van der Waals surface area contributed by atoms with Gasteiger partial charge in [-0.3, -0.25) is 4.79 Å². The van der Waals surface area contributed by atoms with Gasteiger partial charge in [-0.15, -0.1) is 0 Å². The van der Waals surface area contributed by atoms with Crippen molar-refractivity contribution < 1.29 is 9.53 Å². The van der Waals surface area contributed by atoms with E-state index in [1.165, 1.54) is 5.56 Å². The number of aryl methyl sites for hydroxylation is 3. The second-order valence-corrected chi connectivity index (χ2v) is 7.45. The summed E-state index contributed by atoms with van der Waals surface area (Å²) in [7, 11) is 1.58. The topological polar surface area (TPSA) is 62.4 Å². The first-order chi connectivity index (χ1) is 13.3. The van der Waals surface area contributed by atoms with Crippen LogP contribution >= 0.6 is 12.2 Å². The van der Waals surface area contributed by atoms with Crippen LogP contribution in [0.2, 0.25) is 0 Å². The van der Waals surface area contributed by atoms with Gasteiger partial charge in [-0.25, -0.2) is 0 Å². The zero-order valence-corrected chi connectivity index (χ0v) is 17.6. The molecule has 3 N–H and O–H groups in total. The Morgan fingerprint density at radius 3 is 2.39 bits per heavy atom. The minimum absolute atomic E-state index is 0.200. The standard InChI is InChI=1S/C22H25N3O2S/c1-12-10-13(2)18(14(3)11-12)20-19(15(4)23-22(28)25-20)21(26)24-16-8-6-7-9-17(16)27-5/h6-11,20H,1-5H3,(H,24,26)(H2,23,25,28)/t20-/m1/s1. The molecule has 0 fully saturated rings. The second kappa shape index (κ2) is 8.02. The molecule has 1 heterocycles. The fourth-order valence-electron chi connectivity index (χ4n) is 3.80. The maximum Gasteiger partial charge on any atom is 0.255 e. The lowest BCUT2D eigenvalue weighted by molar-refractivity contribution is -0.113. The number of para-hydroxylation sites is 2. The molecule has 0 radical (unpaired) electrons. The van der Waals surface area contributed by atoms with Crippen molar-refractivity contribution >= 4 is 28.9 Å². The number of thiocarbonyl (C=S) groups is 1. The summed E-state index contributed by atoms with van der Waals surface area (Å²) in [6.45, 7) is 8.07. The van der Waals surface area contributed by atoms with Gasteiger partial charge in [0.15, 0.2) is 5.11 Å². The number of rotatable bonds is 4. The van der Waals surface area contributed by atoms with Crippen LogP contribution in [0.5, 0.6) is 5.75 Å². The first-order valence-corrected chi connectivity index (χ1v) is 9.53. The van der Waals surface area contributed by atoms with Gasteiger partial charge in [0, 0.05) is 5.70 Å². The van der Waals surface area contributed by atoms with Crippen molar-refractivity contribution in [3.8, 4) is 5.75 Å². The summed E-state index contributed by atoms with van der Waals surface area (Å²) in [5.74, 6) is 0.412. The van der Waals surface area contributed by atoms with Crippen molar-refractivity contribution in [2.75, 3.05) is 12.4 Å². The van der Waals surface area contributed by atoms with Gasteiger partial charge in [-0.2, -0.15) is 0 Å². The Kier molecular flexibility index (Phi) is 5.70. The van der Waals surface area contributed by atoms with Gasteiger partial charge in [-0.1, -0.05) is 29.8 Å². The highest BCUT2D eigenvalue weighted by Gasteiger charge is 2.32. The van der Waals surface area contributed by atoms with Gasteiger partial charge in [0.05, 0.1) is 24.4 Å². The van der Waals surface area contributed by atoms with Crippen LogP contribution in [0, 0.1) is 20.8 Å². The summed E-state index contributed by atoms with van der Waals surface area (Å²) in [5.41, 5.74) is 6.47. The van der Waals surface area contributed by atoms with E-state index in [0.29, 0.717) is 22.1 Å². The summed E-state index contributed by atoms with van der Waals surface area (Å²) >= 11 is 5.37. The maximum absolute atomic E-state index is 13.3. The molecule has 1 aliphatic rings. The third-order valence-corrected chi connectivity index (χ3v) is 5.12. The van der Waals surface area contributed by atoms with E-state index >= 15 is 0 Å². The Morgan fingerprint density at radius 1 is 1.11 bits per heavy atom. The Balaban J connectivity index is 2.04. The monoisotopic (exact) mass is 395 g/mol. The van der Waals surface area contributed by atoms with Crippen molar-refractivity contribution in [1.82, 2.24) is 10.6 Å². The lowest BCUT2D eigenvalue weighted by atomic mass is 9.88. The zero-order valence-electron chi connectivity index (χ0n) is 16.8. The molecule has 0 saturated carbocycles. The van der Waals surface area contributed by atoms with Crippen LogP contribution in [0.15, 0.2) is 47.7 Å². The lowest BCUT2D eigenvalue weighted by Gasteiger charge is -2.32. The number of amides is 1. The first kappa shape index (κ1) is 19.9. The summed E-state index contributed by atoms with van der Waals surface area (Å²) in [6, 6.07) is 11.3. The fourth-order valence-corrected chi connectivity index (χ4v) is 4.07. The van der Waals surface area contributed by atoms with E-state index in [1.54, 1.807) is 7.11 Å². The highest BCUT2D eigenvalue weighted by Crippen LogP contribution is 2.33. The molecule has 2 aromatic rings. The molecule has 0 aromatic heterocycles. The molecular formula is C22H25N3O2S. The number of methoxy groups -OCH3 is 1. The molecule has 0 bridgehead atoms. The van der Waals surface area contributed by atoms with Crippen LogP contribution in [0.3, 0.4) is 0 Å². The van der Waals surface area contributed by atoms with Gasteiger partial charge in [0.2, 0.25) is 0 Å². The van der Waals surface area contributed by atoms with E-state index in [2.05, 4.69) is 48.9 Å². The van der Waals surface area contributed by atoms with E-state index in [-0.39, 0.29) is 11.9 Å². The van der Waals surface area contributed by atoms with E-state index < -0.39 is 0 Å². The summed E-state index contributed by atoms with van der Waals surface area (Å²) in [5, 5.41) is 9.85. The lowest BCUT2D eigenvalue weighted by Crippen LogP contribution is -2.46. The molecule has 28 heavy (non-hydrogen) atoms.